The molecule has 114 valence electrons. The molecular weight excluding hydrogens is 232 g/mol. The molecule has 0 saturated carbocycles. The first-order valence-electron chi connectivity index (χ1n) is 8.64. The summed E-state index contributed by atoms with van der Waals surface area (Å²) in [5, 5.41) is 3.64. The summed E-state index contributed by atoms with van der Waals surface area (Å²) >= 11 is 0. The molecule has 2 nitrogen and oxygen atoms in total. The average Bonchev–Trinajstić information content (AvgIpc) is 2.60. The second-order valence-electron chi connectivity index (χ2n) is 6.63. The second kappa shape index (κ2) is 9.77. The standard InChI is InChI=1S/C17H36N2/c1-5-8-16-10-7-12-19(13-11-16)17(9-6-2)14-18-15(3)4/h15-18H,5-14H2,1-4H3. The summed E-state index contributed by atoms with van der Waals surface area (Å²) in [7, 11) is 0. The van der Waals surface area contributed by atoms with Crippen LogP contribution in [0.4, 0.5) is 0 Å². The third kappa shape index (κ3) is 6.76. The van der Waals surface area contributed by atoms with Gasteiger partial charge in [0.15, 0.2) is 0 Å². The second-order valence-corrected chi connectivity index (χ2v) is 6.63. The van der Waals surface area contributed by atoms with Crippen LogP contribution in [0.5, 0.6) is 0 Å². The summed E-state index contributed by atoms with van der Waals surface area (Å²) in [6.07, 6.45) is 9.75. The summed E-state index contributed by atoms with van der Waals surface area (Å²) < 4.78 is 0. The first-order chi connectivity index (χ1) is 9.17. The molecule has 1 saturated heterocycles. The number of nitrogens with one attached hydrogen (secondary N) is 1. The fourth-order valence-electron chi connectivity index (χ4n) is 3.37. The highest BCUT2D eigenvalue weighted by atomic mass is 15.2. The van der Waals surface area contributed by atoms with Crippen molar-refractivity contribution in [3.05, 3.63) is 0 Å². The van der Waals surface area contributed by atoms with Gasteiger partial charge in [-0.15, -0.1) is 0 Å². The lowest BCUT2D eigenvalue weighted by atomic mass is 9.96. The Balaban J connectivity index is 2.44. The summed E-state index contributed by atoms with van der Waals surface area (Å²) in [6.45, 7) is 13.0. The average molecular weight is 268 g/mol. The van der Waals surface area contributed by atoms with E-state index < -0.39 is 0 Å². The Hall–Kier alpha value is -0.0800. The largest absolute Gasteiger partial charge is 0.313 e. The van der Waals surface area contributed by atoms with Gasteiger partial charge in [-0.2, -0.15) is 0 Å². The highest BCUT2D eigenvalue weighted by molar-refractivity contribution is 4.78. The zero-order valence-electron chi connectivity index (χ0n) is 13.8. The molecule has 2 heteroatoms. The van der Waals surface area contributed by atoms with Gasteiger partial charge in [0.25, 0.3) is 0 Å². The molecule has 1 aliphatic rings. The molecule has 1 aliphatic heterocycles. The Morgan fingerprint density at radius 1 is 1.11 bits per heavy atom. The summed E-state index contributed by atoms with van der Waals surface area (Å²) in [6, 6.07) is 1.37. The Morgan fingerprint density at radius 3 is 2.53 bits per heavy atom. The number of nitrogens with zero attached hydrogens (tertiary/aromatic N) is 1. The molecular formula is C17H36N2. The molecule has 0 radical (unpaired) electrons. The van der Waals surface area contributed by atoms with E-state index in [0.29, 0.717) is 6.04 Å². The maximum atomic E-state index is 3.64. The Kier molecular flexibility index (Phi) is 8.72. The molecule has 1 N–H and O–H groups in total. The zero-order valence-corrected chi connectivity index (χ0v) is 13.8. The van der Waals surface area contributed by atoms with Crippen molar-refractivity contribution in [1.29, 1.82) is 0 Å². The minimum absolute atomic E-state index is 0.610. The van der Waals surface area contributed by atoms with Crippen LogP contribution in [0.3, 0.4) is 0 Å². The van der Waals surface area contributed by atoms with Gasteiger partial charge in [-0.3, -0.25) is 4.90 Å². The number of hydrogen-bond donors (Lipinski definition) is 1. The van der Waals surface area contributed by atoms with Crippen molar-refractivity contribution in [2.75, 3.05) is 19.6 Å². The van der Waals surface area contributed by atoms with Gasteiger partial charge < -0.3 is 5.32 Å². The molecule has 2 unspecified atom stereocenters. The molecule has 19 heavy (non-hydrogen) atoms. The molecule has 0 aliphatic carbocycles. The third-order valence-electron chi connectivity index (χ3n) is 4.48. The minimum atomic E-state index is 0.610. The smallest absolute Gasteiger partial charge is 0.0220 e. The van der Waals surface area contributed by atoms with Crippen LogP contribution in [0.2, 0.25) is 0 Å². The van der Waals surface area contributed by atoms with Crippen molar-refractivity contribution in [2.24, 2.45) is 5.92 Å². The van der Waals surface area contributed by atoms with Crippen molar-refractivity contribution in [2.45, 2.75) is 84.7 Å². The van der Waals surface area contributed by atoms with Crippen molar-refractivity contribution < 1.29 is 0 Å². The predicted octanol–water partition coefficient (Wildman–Crippen LogP) is 4.06. The number of rotatable bonds is 8. The van der Waals surface area contributed by atoms with E-state index in [2.05, 4.69) is 37.9 Å². The van der Waals surface area contributed by atoms with Crippen LogP contribution < -0.4 is 5.32 Å². The summed E-state index contributed by atoms with van der Waals surface area (Å²) in [5.74, 6) is 0.996. The van der Waals surface area contributed by atoms with E-state index in [1.807, 2.05) is 0 Å². The Labute approximate surface area is 121 Å². The van der Waals surface area contributed by atoms with Crippen LogP contribution in [-0.4, -0.2) is 36.6 Å². The van der Waals surface area contributed by atoms with Crippen LogP contribution in [0.25, 0.3) is 0 Å². The van der Waals surface area contributed by atoms with Crippen molar-refractivity contribution >= 4 is 0 Å². The van der Waals surface area contributed by atoms with Gasteiger partial charge in [-0.05, 0) is 44.7 Å². The number of likely N-dealkylation sites (tertiary alicyclic amines) is 1. The van der Waals surface area contributed by atoms with Gasteiger partial charge in [-0.25, -0.2) is 0 Å². The van der Waals surface area contributed by atoms with Gasteiger partial charge in [0, 0.05) is 18.6 Å². The molecule has 1 fully saturated rings. The first kappa shape index (κ1) is 17.0. The first-order valence-corrected chi connectivity index (χ1v) is 8.64. The minimum Gasteiger partial charge on any atom is -0.313 e. The molecule has 0 amide bonds. The van der Waals surface area contributed by atoms with Crippen LogP contribution in [0, 0.1) is 5.92 Å². The van der Waals surface area contributed by atoms with Crippen molar-refractivity contribution in [3.63, 3.8) is 0 Å². The molecule has 1 rings (SSSR count). The predicted molar refractivity (Wildman–Crippen MR) is 85.7 cm³/mol. The molecule has 0 aromatic carbocycles. The lowest BCUT2D eigenvalue weighted by Gasteiger charge is -2.31. The van der Waals surface area contributed by atoms with E-state index in [0.717, 1.165) is 12.0 Å². The topological polar surface area (TPSA) is 15.3 Å². The van der Waals surface area contributed by atoms with Crippen molar-refractivity contribution in [1.82, 2.24) is 10.2 Å². The van der Waals surface area contributed by atoms with Gasteiger partial charge in [0.1, 0.15) is 0 Å². The molecule has 0 bridgehead atoms. The van der Waals surface area contributed by atoms with E-state index >= 15 is 0 Å². The summed E-state index contributed by atoms with van der Waals surface area (Å²) in [4.78, 5) is 2.77. The van der Waals surface area contributed by atoms with Gasteiger partial charge in [0.2, 0.25) is 0 Å². The Bertz CT molecular complexity index is 215. The molecule has 1 heterocycles. The van der Waals surface area contributed by atoms with E-state index in [9.17, 15) is 0 Å². The van der Waals surface area contributed by atoms with E-state index in [1.165, 1.54) is 64.6 Å². The van der Waals surface area contributed by atoms with Crippen LogP contribution in [0.15, 0.2) is 0 Å². The highest BCUT2D eigenvalue weighted by Gasteiger charge is 2.22. The normalized spacial score (nSPS) is 23.5. The van der Waals surface area contributed by atoms with Crippen LogP contribution >= 0.6 is 0 Å². The lowest BCUT2D eigenvalue weighted by Crippen LogP contribution is -2.44. The molecule has 2 atom stereocenters. The maximum absolute atomic E-state index is 3.64. The van der Waals surface area contributed by atoms with E-state index in [-0.39, 0.29) is 0 Å². The highest BCUT2D eigenvalue weighted by Crippen LogP contribution is 2.23. The van der Waals surface area contributed by atoms with E-state index in [1.54, 1.807) is 0 Å². The van der Waals surface area contributed by atoms with Crippen LogP contribution in [0.1, 0.15) is 72.6 Å². The lowest BCUT2D eigenvalue weighted by molar-refractivity contribution is 0.183. The zero-order chi connectivity index (χ0) is 14.1. The van der Waals surface area contributed by atoms with Gasteiger partial charge >= 0.3 is 0 Å². The molecule has 0 aromatic heterocycles. The van der Waals surface area contributed by atoms with Gasteiger partial charge in [-0.1, -0.05) is 47.0 Å². The van der Waals surface area contributed by atoms with E-state index in [4.69, 9.17) is 0 Å². The summed E-state index contributed by atoms with van der Waals surface area (Å²) in [5.41, 5.74) is 0. The monoisotopic (exact) mass is 268 g/mol. The Morgan fingerprint density at radius 2 is 1.89 bits per heavy atom. The van der Waals surface area contributed by atoms with Gasteiger partial charge in [0.05, 0.1) is 0 Å². The fraction of sp³-hybridized carbons (Fsp3) is 1.00. The SMILES string of the molecule is CCCC1CCCN(C(CCC)CNC(C)C)CC1. The fourth-order valence-corrected chi connectivity index (χ4v) is 3.37. The maximum Gasteiger partial charge on any atom is 0.0220 e. The third-order valence-corrected chi connectivity index (χ3v) is 4.48. The quantitative estimate of drug-likeness (QED) is 0.714. The molecule has 0 spiro atoms. The number of hydrogen-bond acceptors (Lipinski definition) is 2. The van der Waals surface area contributed by atoms with Crippen LogP contribution in [-0.2, 0) is 0 Å². The molecule has 0 aromatic rings. The van der Waals surface area contributed by atoms with Crippen molar-refractivity contribution in [3.8, 4) is 0 Å².